The molecular weight excluding hydrogens is 418 g/mol. The molecule has 6 nitrogen and oxygen atoms in total. The van der Waals surface area contributed by atoms with Crippen LogP contribution in [0.25, 0.3) is 0 Å². The van der Waals surface area contributed by atoms with Crippen LogP contribution in [0, 0.1) is 5.92 Å². The van der Waals surface area contributed by atoms with Crippen molar-refractivity contribution in [2.24, 2.45) is 5.92 Å². The van der Waals surface area contributed by atoms with Crippen molar-refractivity contribution < 1.29 is 23.7 Å². The Balaban J connectivity index is 1.56. The van der Waals surface area contributed by atoms with Crippen LogP contribution >= 0.6 is 0 Å². The van der Waals surface area contributed by atoms with E-state index in [1.165, 1.54) is 31.2 Å². The molecular formula is C27H35NO5. The molecule has 0 aromatic heterocycles. The van der Waals surface area contributed by atoms with Gasteiger partial charge in [0.25, 0.3) is 0 Å². The maximum atomic E-state index is 13.3. The third kappa shape index (κ3) is 5.37. The number of hydrogen-bond acceptors (Lipinski definition) is 5. The van der Waals surface area contributed by atoms with Crippen LogP contribution in [0.1, 0.15) is 55.7 Å². The van der Waals surface area contributed by atoms with Crippen LogP contribution in [0.15, 0.2) is 36.4 Å². The quantitative estimate of drug-likeness (QED) is 0.523. The Kier molecular flexibility index (Phi) is 7.63. The first kappa shape index (κ1) is 23.3. The molecule has 0 unspecified atom stereocenters. The van der Waals surface area contributed by atoms with Gasteiger partial charge in [-0.1, -0.05) is 25.7 Å². The lowest BCUT2D eigenvalue weighted by molar-refractivity contribution is -0.135. The van der Waals surface area contributed by atoms with E-state index in [0.717, 1.165) is 29.9 Å². The Labute approximate surface area is 196 Å². The summed E-state index contributed by atoms with van der Waals surface area (Å²) < 4.78 is 22.5. The van der Waals surface area contributed by atoms with Gasteiger partial charge in [0, 0.05) is 13.0 Å². The number of fused-ring (bicyclic) bond motifs is 1. The van der Waals surface area contributed by atoms with Crippen molar-refractivity contribution in [2.45, 2.75) is 51.0 Å². The van der Waals surface area contributed by atoms with E-state index in [0.29, 0.717) is 37.0 Å². The summed E-state index contributed by atoms with van der Waals surface area (Å²) in [6, 6.07) is 11.4. The lowest BCUT2D eigenvalue weighted by atomic mass is 9.91. The van der Waals surface area contributed by atoms with Gasteiger partial charge in [-0.25, -0.2) is 0 Å². The summed E-state index contributed by atoms with van der Waals surface area (Å²) in [6.07, 6.45) is 7.51. The molecule has 1 amide bonds. The monoisotopic (exact) mass is 453 g/mol. The molecule has 1 fully saturated rings. The molecule has 0 saturated heterocycles. The average molecular weight is 454 g/mol. The predicted molar refractivity (Wildman–Crippen MR) is 127 cm³/mol. The SMILES string of the molecule is COc1ccc(OC[C@@H]2c3cc(OC)c(OC)cc3CCN2C(=O)CCC2CCCC2)cc1. The second-order valence-electron chi connectivity index (χ2n) is 8.93. The molecule has 33 heavy (non-hydrogen) atoms. The summed E-state index contributed by atoms with van der Waals surface area (Å²) >= 11 is 0. The van der Waals surface area contributed by atoms with Gasteiger partial charge in [-0.05, 0) is 66.3 Å². The van der Waals surface area contributed by atoms with Crippen LogP contribution in [0.4, 0.5) is 0 Å². The van der Waals surface area contributed by atoms with Crippen LogP contribution in [0.5, 0.6) is 23.0 Å². The maximum absolute atomic E-state index is 13.3. The molecule has 1 heterocycles. The van der Waals surface area contributed by atoms with Gasteiger partial charge in [0.2, 0.25) is 5.91 Å². The first-order chi connectivity index (χ1) is 16.1. The van der Waals surface area contributed by atoms with E-state index < -0.39 is 0 Å². The van der Waals surface area contributed by atoms with Gasteiger partial charge in [0.15, 0.2) is 11.5 Å². The lowest BCUT2D eigenvalue weighted by Crippen LogP contribution is -2.42. The fourth-order valence-electron chi connectivity index (χ4n) is 5.12. The van der Waals surface area contributed by atoms with Crippen molar-refractivity contribution in [3.63, 3.8) is 0 Å². The third-order valence-electron chi connectivity index (χ3n) is 7.03. The van der Waals surface area contributed by atoms with E-state index in [1.54, 1.807) is 21.3 Å². The molecule has 1 atom stereocenters. The normalized spacial score (nSPS) is 18.0. The highest BCUT2D eigenvalue weighted by Crippen LogP contribution is 2.39. The molecule has 2 aromatic carbocycles. The minimum Gasteiger partial charge on any atom is -0.497 e. The molecule has 1 saturated carbocycles. The molecule has 0 bridgehead atoms. The van der Waals surface area contributed by atoms with E-state index in [9.17, 15) is 4.79 Å². The molecule has 178 valence electrons. The summed E-state index contributed by atoms with van der Waals surface area (Å²) in [4.78, 5) is 15.4. The van der Waals surface area contributed by atoms with Gasteiger partial charge >= 0.3 is 0 Å². The second-order valence-corrected chi connectivity index (χ2v) is 8.93. The van der Waals surface area contributed by atoms with Crippen molar-refractivity contribution in [1.29, 1.82) is 0 Å². The van der Waals surface area contributed by atoms with E-state index in [1.807, 2.05) is 41.3 Å². The highest BCUT2D eigenvalue weighted by molar-refractivity contribution is 5.77. The summed E-state index contributed by atoms with van der Waals surface area (Å²) in [6.45, 7) is 1.06. The van der Waals surface area contributed by atoms with Gasteiger partial charge < -0.3 is 23.8 Å². The molecule has 1 aliphatic carbocycles. The highest BCUT2D eigenvalue weighted by atomic mass is 16.5. The van der Waals surface area contributed by atoms with Crippen LogP contribution < -0.4 is 18.9 Å². The molecule has 0 N–H and O–H groups in total. The van der Waals surface area contributed by atoms with E-state index in [2.05, 4.69) is 0 Å². The van der Waals surface area contributed by atoms with E-state index in [-0.39, 0.29) is 11.9 Å². The fourth-order valence-corrected chi connectivity index (χ4v) is 5.12. The zero-order valence-corrected chi connectivity index (χ0v) is 20.0. The number of methoxy groups -OCH3 is 3. The zero-order valence-electron chi connectivity index (χ0n) is 20.0. The second kappa shape index (κ2) is 10.8. The zero-order chi connectivity index (χ0) is 23.2. The summed E-state index contributed by atoms with van der Waals surface area (Å²) in [5.74, 6) is 3.83. The molecule has 4 rings (SSSR count). The number of rotatable bonds is 9. The van der Waals surface area contributed by atoms with E-state index in [4.69, 9.17) is 18.9 Å². The minimum atomic E-state index is -0.174. The molecule has 2 aromatic rings. The number of ether oxygens (including phenoxy) is 4. The number of benzene rings is 2. The van der Waals surface area contributed by atoms with Crippen LogP contribution in [0.3, 0.4) is 0 Å². The van der Waals surface area contributed by atoms with Gasteiger partial charge in [0.1, 0.15) is 18.1 Å². The highest BCUT2D eigenvalue weighted by Gasteiger charge is 2.33. The summed E-state index contributed by atoms with van der Waals surface area (Å²) in [5, 5.41) is 0. The Morgan fingerprint density at radius 1 is 0.939 bits per heavy atom. The van der Waals surface area contributed by atoms with E-state index >= 15 is 0 Å². The molecule has 1 aliphatic heterocycles. The number of carbonyl (C=O) groups is 1. The van der Waals surface area contributed by atoms with Crippen LogP contribution in [0.2, 0.25) is 0 Å². The molecule has 0 spiro atoms. The summed E-state index contributed by atoms with van der Waals surface area (Å²) in [5.41, 5.74) is 2.25. The van der Waals surface area contributed by atoms with Crippen molar-refractivity contribution >= 4 is 5.91 Å². The van der Waals surface area contributed by atoms with Gasteiger partial charge in [-0.15, -0.1) is 0 Å². The number of carbonyl (C=O) groups excluding carboxylic acids is 1. The smallest absolute Gasteiger partial charge is 0.223 e. The third-order valence-corrected chi connectivity index (χ3v) is 7.03. The van der Waals surface area contributed by atoms with Crippen molar-refractivity contribution in [2.75, 3.05) is 34.5 Å². The standard InChI is InChI=1S/C27H35NO5/c1-30-21-9-11-22(12-10-21)33-18-24-23-17-26(32-3)25(31-2)16-20(23)14-15-28(24)27(29)13-8-19-6-4-5-7-19/h9-12,16-17,19,24H,4-8,13-15,18H2,1-3H3/t24-/m1/s1. The van der Waals surface area contributed by atoms with Gasteiger partial charge in [0.05, 0.1) is 27.4 Å². The fraction of sp³-hybridized carbons (Fsp3) is 0.519. The Morgan fingerprint density at radius 2 is 1.61 bits per heavy atom. The average Bonchev–Trinajstić information content (AvgIpc) is 3.38. The molecule has 2 aliphatic rings. The van der Waals surface area contributed by atoms with Crippen molar-refractivity contribution in [3.05, 3.63) is 47.5 Å². The predicted octanol–water partition coefficient (Wildman–Crippen LogP) is 5.19. The largest absolute Gasteiger partial charge is 0.497 e. The Bertz CT molecular complexity index is 936. The maximum Gasteiger partial charge on any atom is 0.223 e. The molecule has 6 heteroatoms. The van der Waals surface area contributed by atoms with Crippen LogP contribution in [-0.2, 0) is 11.2 Å². The molecule has 0 radical (unpaired) electrons. The number of hydrogen-bond donors (Lipinski definition) is 0. The number of nitrogens with zero attached hydrogens (tertiary/aromatic N) is 1. The summed E-state index contributed by atoms with van der Waals surface area (Å²) in [7, 11) is 4.93. The van der Waals surface area contributed by atoms with Crippen molar-refractivity contribution in [3.8, 4) is 23.0 Å². The first-order valence-electron chi connectivity index (χ1n) is 11.9. The van der Waals surface area contributed by atoms with Crippen molar-refractivity contribution in [1.82, 2.24) is 4.90 Å². The van der Waals surface area contributed by atoms with Crippen LogP contribution in [-0.4, -0.2) is 45.3 Å². The first-order valence-corrected chi connectivity index (χ1v) is 11.9. The Hall–Kier alpha value is -2.89. The van der Waals surface area contributed by atoms with Gasteiger partial charge in [-0.3, -0.25) is 4.79 Å². The topological polar surface area (TPSA) is 57.2 Å². The minimum absolute atomic E-state index is 0.174. The number of amides is 1. The van der Waals surface area contributed by atoms with Gasteiger partial charge in [-0.2, -0.15) is 0 Å². The Morgan fingerprint density at radius 3 is 2.27 bits per heavy atom. The lowest BCUT2D eigenvalue weighted by Gasteiger charge is -2.38.